The molecule has 0 heterocycles. The minimum atomic E-state index is -1.62. The number of allylic oxidation sites excluding steroid dienone is 2. The van der Waals surface area contributed by atoms with Crippen LogP contribution in [0.4, 0.5) is 0 Å². The minimum absolute atomic E-state index is 0.0245. The summed E-state index contributed by atoms with van der Waals surface area (Å²) in [6.45, 7) is 3.79. The van der Waals surface area contributed by atoms with Crippen molar-refractivity contribution in [3.05, 3.63) is 22.4 Å². The quantitative estimate of drug-likeness (QED) is 0.550. The molecule has 1 rings (SSSR count). The van der Waals surface area contributed by atoms with Gasteiger partial charge in [-0.15, -0.1) is 11.6 Å². The van der Waals surface area contributed by atoms with E-state index in [9.17, 15) is 19.8 Å². The van der Waals surface area contributed by atoms with Crippen LogP contribution in [0, 0.1) is 11.3 Å². The second kappa shape index (κ2) is 7.18. The van der Waals surface area contributed by atoms with E-state index in [1.165, 1.54) is 13.0 Å². The Morgan fingerprint density at radius 2 is 2.05 bits per heavy atom. The van der Waals surface area contributed by atoms with Crippen LogP contribution in [0.15, 0.2) is 22.4 Å². The van der Waals surface area contributed by atoms with Crippen LogP contribution in [-0.4, -0.2) is 34.6 Å². The molecule has 0 saturated carbocycles. The van der Waals surface area contributed by atoms with Crippen molar-refractivity contribution in [3.8, 4) is 0 Å². The minimum Gasteiger partial charge on any atom is -0.497 e. The molecule has 0 amide bonds. The van der Waals surface area contributed by atoms with Gasteiger partial charge in [-0.05, 0) is 12.5 Å². The molecule has 21 heavy (non-hydrogen) atoms. The number of aliphatic carboxylic acids is 2. The maximum absolute atomic E-state index is 11.8. The molecule has 0 aliphatic heterocycles. The molecule has 0 spiro atoms. The molecule has 7 heteroatoms. The number of ether oxygens (including phenoxy) is 1. The van der Waals surface area contributed by atoms with Gasteiger partial charge in [0, 0.05) is 11.8 Å². The zero-order chi connectivity index (χ0) is 16.2. The second-order valence-corrected chi connectivity index (χ2v) is 5.58. The highest BCUT2D eigenvalue weighted by atomic mass is 35.5. The molecular weight excluding hydrogens is 319 g/mol. The fourth-order valence-corrected chi connectivity index (χ4v) is 3.12. The van der Waals surface area contributed by atoms with E-state index in [2.05, 4.69) is 0 Å². The number of carboxylic acids is 2. The Morgan fingerprint density at radius 3 is 2.48 bits per heavy atom. The SMILES string of the molecule is CCCCOC1=CC(Cl)=C(C(=O)O)C(C)C1(CCl)C(=O)O. The van der Waals surface area contributed by atoms with E-state index in [0.717, 1.165) is 12.8 Å². The number of hydrogen-bond acceptors (Lipinski definition) is 3. The molecule has 1 aliphatic rings. The average molecular weight is 337 g/mol. The van der Waals surface area contributed by atoms with Crippen molar-refractivity contribution < 1.29 is 24.5 Å². The van der Waals surface area contributed by atoms with Crippen LogP contribution in [0.3, 0.4) is 0 Å². The van der Waals surface area contributed by atoms with Gasteiger partial charge in [0.05, 0.1) is 17.2 Å². The van der Waals surface area contributed by atoms with Gasteiger partial charge in [-0.2, -0.15) is 0 Å². The number of halogens is 2. The molecule has 0 fully saturated rings. The van der Waals surface area contributed by atoms with Gasteiger partial charge in [0.2, 0.25) is 0 Å². The average Bonchev–Trinajstić information content (AvgIpc) is 2.38. The highest BCUT2D eigenvalue weighted by Gasteiger charge is 2.53. The standard InChI is InChI=1S/C14H18Cl2O5/c1-3-4-5-21-10-6-9(16)11(12(17)18)8(2)14(10,7-15)13(19)20/h6,8H,3-5,7H2,1-2H3,(H,17,18)(H,19,20). The first kappa shape index (κ1) is 17.9. The van der Waals surface area contributed by atoms with Crippen molar-refractivity contribution in [1.29, 1.82) is 0 Å². The highest BCUT2D eigenvalue weighted by molar-refractivity contribution is 6.33. The smallest absolute Gasteiger partial charge is 0.333 e. The zero-order valence-electron chi connectivity index (χ0n) is 11.9. The van der Waals surface area contributed by atoms with Gasteiger partial charge in [-0.3, -0.25) is 4.79 Å². The number of carboxylic acid groups (broad SMARTS) is 2. The van der Waals surface area contributed by atoms with Crippen LogP contribution < -0.4 is 0 Å². The molecule has 0 aromatic heterocycles. The van der Waals surface area contributed by atoms with Crippen LogP contribution in [0.2, 0.25) is 0 Å². The molecule has 0 aromatic carbocycles. The lowest BCUT2D eigenvalue weighted by Crippen LogP contribution is -2.45. The lowest BCUT2D eigenvalue weighted by molar-refractivity contribution is -0.150. The molecule has 0 saturated heterocycles. The summed E-state index contributed by atoms with van der Waals surface area (Å²) in [6, 6.07) is 0. The van der Waals surface area contributed by atoms with Crippen LogP contribution in [-0.2, 0) is 14.3 Å². The molecular formula is C14H18Cl2O5. The first-order valence-corrected chi connectivity index (χ1v) is 7.51. The van der Waals surface area contributed by atoms with Crippen molar-refractivity contribution in [1.82, 2.24) is 0 Å². The Morgan fingerprint density at radius 1 is 1.43 bits per heavy atom. The Balaban J connectivity index is 3.34. The first-order valence-electron chi connectivity index (χ1n) is 6.60. The maximum Gasteiger partial charge on any atom is 0.333 e. The number of alkyl halides is 1. The Kier molecular flexibility index (Phi) is 6.10. The molecule has 1 aliphatic carbocycles. The maximum atomic E-state index is 11.8. The van der Waals surface area contributed by atoms with Crippen molar-refractivity contribution in [2.45, 2.75) is 26.7 Å². The van der Waals surface area contributed by atoms with Crippen LogP contribution in [0.25, 0.3) is 0 Å². The molecule has 0 radical (unpaired) electrons. The first-order chi connectivity index (χ1) is 9.82. The van der Waals surface area contributed by atoms with Gasteiger partial charge in [0.1, 0.15) is 11.2 Å². The van der Waals surface area contributed by atoms with E-state index < -0.39 is 23.3 Å². The third-order valence-electron chi connectivity index (χ3n) is 3.71. The van der Waals surface area contributed by atoms with Gasteiger partial charge in [-0.25, -0.2) is 4.79 Å². The lowest BCUT2D eigenvalue weighted by Gasteiger charge is -2.38. The highest BCUT2D eigenvalue weighted by Crippen LogP contribution is 2.47. The zero-order valence-corrected chi connectivity index (χ0v) is 13.4. The molecule has 0 aromatic rings. The largest absolute Gasteiger partial charge is 0.497 e. The summed E-state index contributed by atoms with van der Waals surface area (Å²) < 4.78 is 5.54. The van der Waals surface area contributed by atoms with E-state index >= 15 is 0 Å². The summed E-state index contributed by atoms with van der Waals surface area (Å²) in [7, 11) is 0. The molecule has 0 bridgehead atoms. The molecule has 2 atom stereocenters. The van der Waals surface area contributed by atoms with E-state index in [-0.39, 0.29) is 22.2 Å². The third kappa shape index (κ3) is 3.19. The van der Waals surface area contributed by atoms with Crippen molar-refractivity contribution in [2.75, 3.05) is 12.5 Å². The number of unbranched alkanes of at least 4 members (excludes halogenated alkanes) is 1. The third-order valence-corrected chi connectivity index (χ3v) is 4.44. The summed E-state index contributed by atoms with van der Waals surface area (Å²) in [5.74, 6) is -3.58. The van der Waals surface area contributed by atoms with Gasteiger partial charge in [-0.1, -0.05) is 31.9 Å². The van der Waals surface area contributed by atoms with E-state index in [1.807, 2.05) is 6.92 Å². The van der Waals surface area contributed by atoms with Gasteiger partial charge < -0.3 is 14.9 Å². The Hall–Kier alpha value is -1.20. The normalized spacial score (nSPS) is 25.5. The molecule has 5 nitrogen and oxygen atoms in total. The van der Waals surface area contributed by atoms with E-state index in [0.29, 0.717) is 6.61 Å². The van der Waals surface area contributed by atoms with Crippen molar-refractivity contribution in [3.63, 3.8) is 0 Å². The number of hydrogen-bond donors (Lipinski definition) is 2. The number of carbonyl (C=O) groups is 2. The van der Waals surface area contributed by atoms with Gasteiger partial charge >= 0.3 is 11.9 Å². The van der Waals surface area contributed by atoms with Crippen LogP contribution >= 0.6 is 23.2 Å². The predicted octanol–water partition coefficient (Wildman–Crippen LogP) is 3.22. The van der Waals surface area contributed by atoms with Crippen LogP contribution in [0.1, 0.15) is 26.7 Å². The van der Waals surface area contributed by atoms with E-state index in [1.54, 1.807) is 0 Å². The Labute approximate surface area is 133 Å². The fourth-order valence-electron chi connectivity index (χ4n) is 2.30. The fraction of sp³-hybridized carbons (Fsp3) is 0.571. The van der Waals surface area contributed by atoms with Crippen molar-refractivity contribution >= 4 is 35.1 Å². The molecule has 118 valence electrons. The van der Waals surface area contributed by atoms with Crippen molar-refractivity contribution in [2.24, 2.45) is 11.3 Å². The summed E-state index contributed by atoms with van der Waals surface area (Å²) in [4.78, 5) is 23.1. The lowest BCUT2D eigenvalue weighted by atomic mass is 9.69. The second-order valence-electron chi connectivity index (χ2n) is 4.91. The Bertz CT molecular complexity index is 498. The topological polar surface area (TPSA) is 83.8 Å². The molecule has 2 N–H and O–H groups in total. The number of rotatable bonds is 7. The monoisotopic (exact) mass is 336 g/mol. The summed E-state index contributed by atoms with van der Waals surface area (Å²) in [5.41, 5.74) is -1.79. The summed E-state index contributed by atoms with van der Waals surface area (Å²) in [6.07, 6.45) is 2.89. The van der Waals surface area contributed by atoms with Gasteiger partial charge in [0.15, 0.2) is 0 Å². The summed E-state index contributed by atoms with van der Waals surface area (Å²) in [5, 5.41) is 18.8. The predicted molar refractivity (Wildman–Crippen MR) is 79.4 cm³/mol. The summed E-state index contributed by atoms with van der Waals surface area (Å²) >= 11 is 11.9. The van der Waals surface area contributed by atoms with Crippen LogP contribution in [0.5, 0.6) is 0 Å². The van der Waals surface area contributed by atoms with Gasteiger partial charge in [0.25, 0.3) is 0 Å². The molecule has 2 unspecified atom stereocenters. The van der Waals surface area contributed by atoms with E-state index in [4.69, 9.17) is 27.9 Å².